The molecule has 0 spiro atoms. The summed E-state index contributed by atoms with van der Waals surface area (Å²) in [6.45, 7) is 4.74. The van der Waals surface area contributed by atoms with E-state index in [0.717, 1.165) is 30.2 Å². The maximum atomic E-state index is 6.24. The van der Waals surface area contributed by atoms with Gasteiger partial charge in [-0.05, 0) is 46.0 Å². The van der Waals surface area contributed by atoms with Gasteiger partial charge >= 0.3 is 0 Å². The Morgan fingerprint density at radius 2 is 2.21 bits per heavy atom. The van der Waals surface area contributed by atoms with Crippen LogP contribution in [0, 0.1) is 0 Å². The molecule has 1 aromatic carbocycles. The highest BCUT2D eigenvalue weighted by Gasteiger charge is 2.23. The summed E-state index contributed by atoms with van der Waals surface area (Å²) in [5.41, 5.74) is 8.12. The lowest BCUT2D eigenvalue weighted by Gasteiger charge is -2.38. The Kier molecular flexibility index (Phi) is 4.53. The Balaban J connectivity index is 2.19. The highest BCUT2D eigenvalue weighted by atomic mass is 16.5. The van der Waals surface area contributed by atoms with Crippen LogP contribution in [0.5, 0.6) is 5.75 Å². The van der Waals surface area contributed by atoms with E-state index in [1.165, 1.54) is 12.8 Å². The highest BCUT2D eigenvalue weighted by molar-refractivity contribution is 5.74. The predicted octanol–water partition coefficient (Wildman–Crippen LogP) is 2.20. The van der Waals surface area contributed by atoms with E-state index in [9.17, 15) is 0 Å². The van der Waals surface area contributed by atoms with Gasteiger partial charge in [0, 0.05) is 19.1 Å². The Hall–Kier alpha value is -1.42. The molecule has 0 radical (unpaired) electrons. The molecule has 0 aliphatic carbocycles. The van der Waals surface area contributed by atoms with Gasteiger partial charge in [0.1, 0.15) is 5.75 Å². The van der Waals surface area contributed by atoms with Gasteiger partial charge < -0.3 is 20.3 Å². The zero-order valence-corrected chi connectivity index (χ0v) is 12.2. The molecule has 1 aromatic rings. The third kappa shape index (κ3) is 3.13. The molecule has 0 aromatic heterocycles. The lowest BCUT2D eigenvalue weighted by atomic mass is 10.0. The van der Waals surface area contributed by atoms with Crippen LogP contribution in [-0.4, -0.2) is 44.7 Å². The lowest BCUT2D eigenvalue weighted by molar-refractivity contribution is 0.258. The summed E-state index contributed by atoms with van der Waals surface area (Å²) in [6.07, 6.45) is 2.47. The zero-order valence-electron chi connectivity index (χ0n) is 12.2. The molecule has 0 saturated carbocycles. The summed E-state index contributed by atoms with van der Waals surface area (Å²) in [6, 6.07) is 6.66. The number of para-hydroxylation sites is 1. The molecule has 1 aliphatic heterocycles. The van der Waals surface area contributed by atoms with Crippen molar-refractivity contribution in [2.24, 2.45) is 0 Å². The first kappa shape index (κ1) is 14.0. The van der Waals surface area contributed by atoms with Crippen LogP contribution in [0.25, 0.3) is 0 Å². The minimum atomic E-state index is 0.601. The summed E-state index contributed by atoms with van der Waals surface area (Å²) in [5.74, 6) is 0.798. The first-order chi connectivity index (χ1) is 9.13. The number of hydrogen-bond donors (Lipinski definition) is 1. The van der Waals surface area contributed by atoms with Gasteiger partial charge in [-0.15, -0.1) is 0 Å². The van der Waals surface area contributed by atoms with Crippen LogP contribution < -0.4 is 15.4 Å². The van der Waals surface area contributed by atoms with Gasteiger partial charge in [-0.2, -0.15) is 0 Å². The molecule has 1 fully saturated rings. The monoisotopic (exact) mass is 263 g/mol. The van der Waals surface area contributed by atoms with Crippen LogP contribution in [-0.2, 0) is 0 Å². The maximum absolute atomic E-state index is 6.24. The summed E-state index contributed by atoms with van der Waals surface area (Å²) < 4.78 is 5.58. The average Bonchev–Trinajstić information content (AvgIpc) is 2.41. The number of nitrogen functional groups attached to an aromatic ring is 1. The van der Waals surface area contributed by atoms with Crippen LogP contribution >= 0.6 is 0 Å². The second-order valence-corrected chi connectivity index (χ2v) is 5.33. The van der Waals surface area contributed by atoms with E-state index in [-0.39, 0.29) is 0 Å². The maximum Gasteiger partial charge on any atom is 0.144 e. The Labute approximate surface area is 116 Å². The second-order valence-electron chi connectivity index (χ2n) is 5.33. The number of ether oxygens (including phenoxy) is 1. The number of hydrogen-bond acceptors (Lipinski definition) is 4. The van der Waals surface area contributed by atoms with E-state index >= 15 is 0 Å². The fraction of sp³-hybridized carbons (Fsp3) is 0.600. The molecule has 0 bridgehead atoms. The van der Waals surface area contributed by atoms with Crippen molar-refractivity contribution in [1.29, 1.82) is 0 Å². The van der Waals surface area contributed by atoms with Crippen molar-refractivity contribution in [3.8, 4) is 5.75 Å². The van der Waals surface area contributed by atoms with E-state index < -0.39 is 0 Å². The van der Waals surface area contributed by atoms with Crippen LogP contribution in [0.1, 0.15) is 19.8 Å². The average molecular weight is 263 g/mol. The summed E-state index contributed by atoms with van der Waals surface area (Å²) >= 11 is 0. The van der Waals surface area contributed by atoms with Gasteiger partial charge in [0.2, 0.25) is 0 Å². The third-order valence-electron chi connectivity index (χ3n) is 3.81. The topological polar surface area (TPSA) is 41.7 Å². The van der Waals surface area contributed by atoms with E-state index in [4.69, 9.17) is 10.5 Å². The lowest BCUT2D eigenvalue weighted by Crippen LogP contribution is -2.45. The van der Waals surface area contributed by atoms with E-state index in [1.807, 2.05) is 19.1 Å². The van der Waals surface area contributed by atoms with E-state index in [2.05, 4.69) is 30.0 Å². The number of nitrogens with two attached hydrogens (primary N) is 1. The van der Waals surface area contributed by atoms with Crippen LogP contribution in [0.3, 0.4) is 0 Å². The van der Waals surface area contributed by atoms with E-state index in [1.54, 1.807) is 0 Å². The molecule has 2 N–H and O–H groups in total. The van der Waals surface area contributed by atoms with Crippen molar-refractivity contribution in [2.45, 2.75) is 25.8 Å². The minimum Gasteiger partial charge on any atom is -0.492 e. The number of likely N-dealkylation sites (N-methyl/N-ethyl adjacent to an activating group) is 1. The molecule has 1 heterocycles. The molecule has 19 heavy (non-hydrogen) atoms. The van der Waals surface area contributed by atoms with Gasteiger partial charge in [0.05, 0.1) is 18.0 Å². The molecular weight excluding hydrogens is 238 g/mol. The van der Waals surface area contributed by atoms with Gasteiger partial charge in [-0.1, -0.05) is 6.07 Å². The highest BCUT2D eigenvalue weighted by Crippen LogP contribution is 2.34. The fourth-order valence-corrected chi connectivity index (χ4v) is 2.68. The van der Waals surface area contributed by atoms with Crippen LogP contribution in [0.2, 0.25) is 0 Å². The Morgan fingerprint density at radius 1 is 1.42 bits per heavy atom. The molecule has 4 heteroatoms. The van der Waals surface area contributed by atoms with Gasteiger partial charge in [-0.3, -0.25) is 0 Å². The summed E-state index contributed by atoms with van der Waals surface area (Å²) in [4.78, 5) is 4.68. The summed E-state index contributed by atoms with van der Waals surface area (Å²) in [7, 11) is 4.29. The van der Waals surface area contributed by atoms with Crippen LogP contribution in [0.15, 0.2) is 18.2 Å². The Bertz CT molecular complexity index is 420. The molecule has 1 saturated heterocycles. The molecule has 0 amide bonds. The largest absolute Gasteiger partial charge is 0.492 e. The van der Waals surface area contributed by atoms with Crippen molar-refractivity contribution >= 4 is 11.4 Å². The smallest absolute Gasteiger partial charge is 0.144 e. The predicted molar refractivity (Wildman–Crippen MR) is 80.9 cm³/mol. The van der Waals surface area contributed by atoms with Crippen molar-refractivity contribution in [3.05, 3.63) is 18.2 Å². The van der Waals surface area contributed by atoms with Crippen molar-refractivity contribution in [2.75, 3.05) is 44.4 Å². The quantitative estimate of drug-likeness (QED) is 0.846. The molecule has 1 atom stereocenters. The second kappa shape index (κ2) is 6.15. The fourth-order valence-electron chi connectivity index (χ4n) is 2.68. The van der Waals surface area contributed by atoms with Crippen molar-refractivity contribution in [1.82, 2.24) is 4.90 Å². The SMILES string of the molecule is CCOc1cccc(N2CCCC(N(C)C)C2)c1N. The number of piperidine rings is 1. The van der Waals surface area contributed by atoms with Crippen molar-refractivity contribution < 1.29 is 4.74 Å². The first-order valence-electron chi connectivity index (χ1n) is 7.06. The first-order valence-corrected chi connectivity index (χ1v) is 7.06. The number of rotatable bonds is 4. The molecule has 1 aliphatic rings. The molecule has 4 nitrogen and oxygen atoms in total. The van der Waals surface area contributed by atoms with Gasteiger partial charge in [0.25, 0.3) is 0 Å². The standard InChI is InChI=1S/C15H25N3O/c1-4-19-14-9-5-8-13(15(14)16)18-10-6-7-12(11-18)17(2)3/h5,8-9,12H,4,6-7,10-11,16H2,1-3H3. The minimum absolute atomic E-state index is 0.601. The molecule has 106 valence electrons. The number of nitrogens with zero attached hydrogens (tertiary/aromatic N) is 2. The molecular formula is C15H25N3O. The summed E-state index contributed by atoms with van der Waals surface area (Å²) in [5, 5.41) is 0. The van der Waals surface area contributed by atoms with E-state index in [0.29, 0.717) is 12.6 Å². The van der Waals surface area contributed by atoms with Gasteiger partial charge in [-0.25, -0.2) is 0 Å². The van der Waals surface area contributed by atoms with Crippen LogP contribution in [0.4, 0.5) is 11.4 Å². The third-order valence-corrected chi connectivity index (χ3v) is 3.81. The Morgan fingerprint density at radius 3 is 2.89 bits per heavy atom. The normalized spacial score (nSPS) is 19.8. The number of anilines is 2. The zero-order chi connectivity index (χ0) is 13.8. The number of benzene rings is 1. The van der Waals surface area contributed by atoms with Crippen molar-refractivity contribution in [3.63, 3.8) is 0 Å². The van der Waals surface area contributed by atoms with Gasteiger partial charge in [0.15, 0.2) is 0 Å². The molecule has 1 unspecified atom stereocenters. The molecule has 2 rings (SSSR count).